The minimum Gasteiger partial charge on any atom is -0.489 e. The molecule has 1 aromatic rings. The van der Waals surface area contributed by atoms with E-state index >= 15 is 0 Å². The lowest BCUT2D eigenvalue weighted by molar-refractivity contribution is -0.138. The molecule has 10 heteroatoms. The minimum absolute atomic E-state index is 0.0349. The lowest BCUT2D eigenvalue weighted by Gasteiger charge is -2.28. The normalized spacial score (nSPS) is 20.5. The third-order valence-electron chi connectivity index (χ3n) is 3.90. The highest BCUT2D eigenvalue weighted by molar-refractivity contribution is 5.69. The van der Waals surface area contributed by atoms with Crippen LogP contribution in [0.25, 0.3) is 0 Å². The highest BCUT2D eigenvalue weighted by Gasteiger charge is 2.39. The number of hydrogen-bond donors (Lipinski definition) is 0. The van der Waals surface area contributed by atoms with E-state index in [0.29, 0.717) is 0 Å². The minimum atomic E-state index is -4.46. The molecule has 5 nitrogen and oxygen atoms in total. The van der Waals surface area contributed by atoms with Gasteiger partial charge in [-0.1, -0.05) is 0 Å². The molecular weight excluding hydrogens is 389 g/mol. The largest absolute Gasteiger partial charge is 0.489 e. The maximum atomic E-state index is 12.6. The fourth-order valence-corrected chi connectivity index (χ4v) is 2.76. The lowest BCUT2D eigenvalue weighted by Crippen LogP contribution is -2.42. The summed E-state index contributed by atoms with van der Waals surface area (Å²) in [5.74, 6) is 0.178. The Morgan fingerprint density at radius 1 is 1.18 bits per heavy atom. The fraction of sp³-hybridized carbons (Fsp3) is 0.611. The number of ether oxygens (including phenoxy) is 3. The van der Waals surface area contributed by atoms with Crippen LogP contribution in [0.3, 0.4) is 0 Å². The van der Waals surface area contributed by atoms with Crippen molar-refractivity contribution in [1.29, 1.82) is 0 Å². The van der Waals surface area contributed by atoms with E-state index in [9.17, 15) is 26.7 Å². The van der Waals surface area contributed by atoms with Crippen LogP contribution >= 0.6 is 0 Å². The second kappa shape index (κ2) is 8.50. The second-order valence-electron chi connectivity index (χ2n) is 7.38. The van der Waals surface area contributed by atoms with Crippen molar-refractivity contribution < 1.29 is 41.0 Å². The molecule has 0 unspecified atom stereocenters. The molecule has 158 valence electrons. The number of amides is 1. The highest BCUT2D eigenvalue weighted by Crippen LogP contribution is 2.31. The molecule has 1 heterocycles. The molecule has 28 heavy (non-hydrogen) atoms. The second-order valence-corrected chi connectivity index (χ2v) is 7.38. The average molecular weight is 411 g/mol. The topological polar surface area (TPSA) is 48.0 Å². The van der Waals surface area contributed by atoms with E-state index in [-0.39, 0.29) is 18.7 Å². The van der Waals surface area contributed by atoms with E-state index in [2.05, 4.69) is 4.74 Å². The van der Waals surface area contributed by atoms with Crippen LogP contribution in [0.5, 0.6) is 5.75 Å². The monoisotopic (exact) mass is 411 g/mol. The zero-order valence-electron chi connectivity index (χ0n) is 15.6. The van der Waals surface area contributed by atoms with Gasteiger partial charge in [-0.25, -0.2) is 4.79 Å². The number of likely N-dealkylation sites (tertiary alicyclic amines) is 1. The first-order chi connectivity index (χ1) is 12.8. The zero-order chi connectivity index (χ0) is 21.1. The molecule has 1 aromatic carbocycles. The Morgan fingerprint density at radius 2 is 1.79 bits per heavy atom. The number of rotatable bonds is 5. The molecule has 1 amide bonds. The summed E-state index contributed by atoms with van der Waals surface area (Å²) in [5.41, 5.74) is -1.60. The smallest absolute Gasteiger partial charge is 0.416 e. The summed E-state index contributed by atoms with van der Waals surface area (Å²) in [6.07, 6.45) is -5.59. The predicted octanol–water partition coefficient (Wildman–Crippen LogP) is 4.70. The fourth-order valence-electron chi connectivity index (χ4n) is 2.76. The summed E-state index contributed by atoms with van der Waals surface area (Å²) in [5, 5.41) is 0. The predicted molar refractivity (Wildman–Crippen MR) is 89.2 cm³/mol. The van der Waals surface area contributed by atoms with Crippen LogP contribution in [0.2, 0.25) is 0 Å². The number of carbonyl (C=O) groups is 1. The van der Waals surface area contributed by atoms with Gasteiger partial charge in [0.05, 0.1) is 24.8 Å². The first-order valence-corrected chi connectivity index (χ1v) is 8.58. The van der Waals surface area contributed by atoms with Crippen LogP contribution in [-0.2, 0) is 15.7 Å². The first-order valence-electron chi connectivity index (χ1n) is 8.58. The molecule has 0 radical (unpaired) electrons. The molecule has 1 aliphatic rings. The molecule has 0 saturated carbocycles. The third-order valence-corrected chi connectivity index (χ3v) is 3.90. The molecule has 0 N–H and O–H groups in total. The summed E-state index contributed by atoms with van der Waals surface area (Å²) in [6.45, 7) is 1.64. The van der Waals surface area contributed by atoms with Crippen LogP contribution in [0.1, 0.15) is 32.8 Å². The van der Waals surface area contributed by atoms with Crippen LogP contribution in [0.4, 0.5) is 26.7 Å². The SMILES string of the molecule is CC(C)(C)OC(=O)N1C[C@@H](Oc2ccc(C(F)(F)F)cc2)C[C@H]1COC(F)F. The number of hydrogen-bond acceptors (Lipinski definition) is 4. The van der Waals surface area contributed by atoms with Gasteiger partial charge in [-0.05, 0) is 45.0 Å². The summed E-state index contributed by atoms with van der Waals surface area (Å²) < 4.78 is 77.9. The third kappa shape index (κ3) is 6.50. The van der Waals surface area contributed by atoms with Crippen LogP contribution in [0, 0.1) is 0 Å². The van der Waals surface area contributed by atoms with Gasteiger partial charge in [0.25, 0.3) is 0 Å². The molecule has 2 rings (SSSR count). The van der Waals surface area contributed by atoms with Gasteiger partial charge in [0.2, 0.25) is 0 Å². The molecular formula is C18H22F5NO4. The van der Waals surface area contributed by atoms with E-state index in [1.807, 2.05) is 0 Å². The molecule has 0 spiro atoms. The van der Waals surface area contributed by atoms with Crippen LogP contribution < -0.4 is 4.74 Å². The number of benzene rings is 1. The first kappa shape index (κ1) is 22.2. The van der Waals surface area contributed by atoms with E-state index in [4.69, 9.17) is 9.47 Å². The van der Waals surface area contributed by atoms with Gasteiger partial charge in [-0.15, -0.1) is 0 Å². The van der Waals surface area contributed by atoms with Crippen molar-refractivity contribution in [3.8, 4) is 5.75 Å². The molecule has 1 fully saturated rings. The summed E-state index contributed by atoms with van der Waals surface area (Å²) >= 11 is 0. The number of alkyl halides is 5. The molecule has 2 atom stereocenters. The Hall–Kier alpha value is -2.10. The average Bonchev–Trinajstić information content (AvgIpc) is 2.94. The summed E-state index contributed by atoms with van der Waals surface area (Å²) in [7, 11) is 0. The Morgan fingerprint density at radius 3 is 2.29 bits per heavy atom. The van der Waals surface area contributed by atoms with Gasteiger partial charge in [-0.3, -0.25) is 4.90 Å². The summed E-state index contributed by atoms with van der Waals surface area (Å²) in [4.78, 5) is 13.6. The maximum Gasteiger partial charge on any atom is 0.416 e. The van der Waals surface area contributed by atoms with Gasteiger partial charge < -0.3 is 14.2 Å². The Bertz CT molecular complexity index is 657. The van der Waals surface area contributed by atoms with Crippen molar-refractivity contribution in [2.45, 2.75) is 57.7 Å². The number of nitrogens with zero attached hydrogens (tertiary/aromatic N) is 1. The van der Waals surface area contributed by atoms with Crippen molar-refractivity contribution in [3.63, 3.8) is 0 Å². The molecule has 1 aliphatic heterocycles. The van der Waals surface area contributed by atoms with Crippen molar-refractivity contribution in [2.75, 3.05) is 13.2 Å². The summed E-state index contributed by atoms with van der Waals surface area (Å²) in [6, 6.07) is 3.40. The van der Waals surface area contributed by atoms with Crippen molar-refractivity contribution >= 4 is 6.09 Å². The van der Waals surface area contributed by atoms with Crippen LogP contribution in [0.15, 0.2) is 24.3 Å². The molecule has 0 aromatic heterocycles. The standard InChI is InChI=1S/C18H22F5NO4/c1-17(2,3)28-16(25)24-9-14(8-12(24)10-26-15(19)20)27-13-6-4-11(5-7-13)18(21,22)23/h4-7,12,14-15H,8-10H2,1-3H3/t12-,14-/m0/s1. The number of carbonyl (C=O) groups excluding carboxylic acids is 1. The van der Waals surface area contributed by atoms with Gasteiger partial charge in [0.15, 0.2) is 0 Å². The number of halogens is 5. The lowest BCUT2D eigenvalue weighted by atomic mass is 10.2. The van der Waals surface area contributed by atoms with E-state index in [1.165, 1.54) is 17.0 Å². The van der Waals surface area contributed by atoms with Crippen molar-refractivity contribution in [1.82, 2.24) is 4.90 Å². The Labute approximate surface area is 159 Å². The molecule has 0 bridgehead atoms. The Kier molecular flexibility index (Phi) is 6.74. The zero-order valence-corrected chi connectivity index (χ0v) is 15.6. The quantitative estimate of drug-likeness (QED) is 0.659. The van der Waals surface area contributed by atoms with E-state index in [1.54, 1.807) is 20.8 Å². The van der Waals surface area contributed by atoms with Crippen LogP contribution in [-0.4, -0.2) is 48.5 Å². The van der Waals surface area contributed by atoms with E-state index in [0.717, 1.165) is 12.1 Å². The van der Waals surface area contributed by atoms with E-state index < -0.39 is 48.8 Å². The van der Waals surface area contributed by atoms with Gasteiger partial charge in [0.1, 0.15) is 17.5 Å². The highest BCUT2D eigenvalue weighted by atomic mass is 19.4. The van der Waals surface area contributed by atoms with Gasteiger partial charge in [0, 0.05) is 6.42 Å². The van der Waals surface area contributed by atoms with Gasteiger partial charge in [-0.2, -0.15) is 22.0 Å². The molecule has 0 aliphatic carbocycles. The van der Waals surface area contributed by atoms with Gasteiger partial charge >= 0.3 is 18.9 Å². The maximum absolute atomic E-state index is 12.6. The van der Waals surface area contributed by atoms with Crippen molar-refractivity contribution in [2.24, 2.45) is 0 Å². The van der Waals surface area contributed by atoms with Crippen molar-refractivity contribution in [3.05, 3.63) is 29.8 Å². The Balaban J connectivity index is 2.06. The molecule has 1 saturated heterocycles.